The number of ether oxygens (including phenoxy) is 2. The van der Waals surface area contributed by atoms with Gasteiger partial charge in [-0.2, -0.15) is 0 Å². The van der Waals surface area contributed by atoms with E-state index >= 15 is 0 Å². The summed E-state index contributed by atoms with van der Waals surface area (Å²) in [6, 6.07) is 54.0. The van der Waals surface area contributed by atoms with Gasteiger partial charge >= 0.3 is 3.18 Å². The lowest BCUT2D eigenvalue weighted by Crippen LogP contribution is -2.26. The number of carbonyl (C=O) groups is 1. The molecule has 9 rings (SSSR count). The normalized spacial score (nSPS) is 9.96. The smallest absolute Gasteiger partial charge is 0.369 e. The van der Waals surface area contributed by atoms with Crippen LogP contribution in [0.4, 0.5) is 0 Å². The molecule has 3 aromatic heterocycles. The molecule has 442 valence electrons. The summed E-state index contributed by atoms with van der Waals surface area (Å²) in [5.74, 6) is 2.44. The summed E-state index contributed by atoms with van der Waals surface area (Å²) in [5.41, 5.74) is 7.42. The number of phenols is 1. The third-order valence-corrected chi connectivity index (χ3v) is 13.8. The average molecular weight is 1590 g/mol. The van der Waals surface area contributed by atoms with Crippen molar-refractivity contribution >= 4 is 117 Å². The van der Waals surface area contributed by atoms with Gasteiger partial charge in [0.05, 0.1) is 42.3 Å². The lowest BCUT2D eigenvalue weighted by Gasteiger charge is -2.16. The molecule has 14 nitrogen and oxygen atoms in total. The van der Waals surface area contributed by atoms with Crippen molar-refractivity contribution in [1.82, 2.24) is 28.7 Å². The van der Waals surface area contributed by atoms with Gasteiger partial charge in [-0.3, -0.25) is 32.9 Å². The van der Waals surface area contributed by atoms with Crippen LogP contribution in [0.1, 0.15) is 48.1 Å². The minimum atomic E-state index is -0.833. The van der Waals surface area contributed by atoms with Gasteiger partial charge in [0.1, 0.15) is 43.7 Å². The Morgan fingerprint density at radius 1 is 0.512 bits per heavy atom. The summed E-state index contributed by atoms with van der Waals surface area (Å²) in [4.78, 5) is 60.9. The van der Waals surface area contributed by atoms with Crippen LogP contribution in [0.25, 0.3) is 34.2 Å². The van der Waals surface area contributed by atoms with Crippen molar-refractivity contribution < 1.29 is 24.5 Å². The van der Waals surface area contributed by atoms with Crippen molar-refractivity contribution in [2.24, 2.45) is 0 Å². The van der Waals surface area contributed by atoms with Gasteiger partial charge in [-0.15, -0.1) is 47.3 Å². The number of benzene rings is 6. The van der Waals surface area contributed by atoms with Gasteiger partial charge < -0.3 is 19.7 Å². The molecule has 22 heteroatoms. The van der Waals surface area contributed by atoms with E-state index in [0.29, 0.717) is 86.6 Å². The molecular weight excluding hydrogens is 1530 g/mol. The Hall–Kier alpha value is -5.75. The number of carboxylic acids is 1. The highest BCUT2D eigenvalue weighted by molar-refractivity contribution is 9.93. The van der Waals surface area contributed by atoms with Crippen LogP contribution < -0.4 is 26.2 Å². The molecule has 0 atom stereocenters. The molecule has 9 aromatic rings. The Morgan fingerprint density at radius 2 is 0.810 bits per heavy atom. The van der Waals surface area contributed by atoms with Crippen molar-refractivity contribution in [3.05, 3.63) is 244 Å². The molecule has 0 amide bonds. The number of rotatable bonds is 14. The third-order valence-electron chi connectivity index (χ3n) is 11.9. The first-order valence-corrected chi connectivity index (χ1v) is 33.4. The van der Waals surface area contributed by atoms with Crippen molar-refractivity contribution in [2.45, 2.75) is 74.0 Å². The van der Waals surface area contributed by atoms with E-state index in [1.807, 2.05) is 135 Å². The molecule has 0 aliphatic rings. The number of para-hydroxylation sites is 3. The lowest BCUT2D eigenvalue weighted by atomic mass is 10.1. The molecule has 0 aliphatic carbocycles. The van der Waals surface area contributed by atoms with Gasteiger partial charge in [0.15, 0.2) is 0 Å². The van der Waals surface area contributed by atoms with E-state index in [-0.39, 0.29) is 33.0 Å². The molecule has 0 saturated heterocycles. The second-order valence-electron chi connectivity index (χ2n) is 17.7. The fourth-order valence-electron chi connectivity index (χ4n) is 8.12. The van der Waals surface area contributed by atoms with Crippen LogP contribution in [0.3, 0.4) is 0 Å². The molecule has 2 N–H and O–H groups in total. The Kier molecular flexibility index (Phi) is 33.1. The summed E-state index contributed by atoms with van der Waals surface area (Å²) < 4.78 is 17.2. The van der Waals surface area contributed by atoms with Crippen LogP contribution in [-0.2, 0) is 43.7 Å². The number of aryl methyl sites for hydroxylation is 6. The Labute approximate surface area is 547 Å². The zero-order valence-corrected chi connectivity index (χ0v) is 57.3. The first-order valence-electron chi connectivity index (χ1n) is 25.4. The van der Waals surface area contributed by atoms with Crippen LogP contribution >= 0.6 is 107 Å². The quantitative estimate of drug-likeness (QED) is 0.0989. The maximum atomic E-state index is 12.8. The van der Waals surface area contributed by atoms with E-state index in [9.17, 15) is 19.5 Å². The van der Waals surface area contributed by atoms with Gasteiger partial charge in [-0.25, -0.2) is 15.0 Å². The number of phenolic OH excluding ortho intramolecular Hbond substituents is 1. The summed E-state index contributed by atoms with van der Waals surface area (Å²) in [5, 5.41) is 17.6. The zero-order chi connectivity index (χ0) is 61.0. The average Bonchev–Trinajstić information content (AvgIpc) is 3.41. The number of hydrogen-bond acceptors (Lipinski definition) is 10. The molecule has 3 heterocycles. The Morgan fingerprint density at radius 3 is 1.17 bits per heavy atom. The second kappa shape index (κ2) is 38.3. The molecule has 0 aliphatic heterocycles. The third kappa shape index (κ3) is 22.6. The number of aliphatic carboxylic acids is 1. The van der Waals surface area contributed by atoms with Crippen LogP contribution in [0.15, 0.2) is 193 Å². The van der Waals surface area contributed by atoms with E-state index in [2.05, 4.69) is 147 Å². The number of nitrogens with zero attached hydrogens (tertiary/aromatic N) is 6. The standard InChI is InChI=1S/C20H19BrN2O2.C20H20N2O2.C19H17BrN2O2.C2H4O2.CH4.BBr3.Br2/c1-14-18(21)20(24)23(13-12-15-8-4-3-5-9-15)19(22-14)16-10-6-7-11-17(16)25-2;1-15-14-19(23)22(13-12-16-8-4-3-5-9-16)20(21-15)17-10-6-7-11-18(17)24-2;1-13-17(20)19(24)22(12-11-14-7-3-2-4-8-14)18(21-13)15-9-5-6-10-16(15)23;1-2(3)4;;2-1(3)4;1-2/h3-11H,12-13H2,1-2H3;3-11,14H,12-13H2,1-2H3;2-10,23H,11-12H2,1H3;1H3,(H,3,4);1H4;;. The molecule has 0 spiro atoms. The highest BCUT2D eigenvalue weighted by Crippen LogP contribution is 2.31. The fourth-order valence-corrected chi connectivity index (χ4v) is 8.73. The molecular formula is C62H64BBr7N6O8. The summed E-state index contributed by atoms with van der Waals surface area (Å²) in [7, 11) is 3.25. The van der Waals surface area contributed by atoms with Gasteiger partial charge in [-0.05, 0) is 125 Å². The molecule has 0 unspecified atom stereocenters. The van der Waals surface area contributed by atoms with Gasteiger partial charge in [0, 0.05) is 66.6 Å². The number of methoxy groups -OCH3 is 2. The van der Waals surface area contributed by atoms with E-state index in [1.165, 1.54) is 11.1 Å². The van der Waals surface area contributed by atoms with Crippen LogP contribution in [0, 0.1) is 20.8 Å². The lowest BCUT2D eigenvalue weighted by molar-refractivity contribution is -0.134. The first-order chi connectivity index (χ1) is 39.8. The molecule has 0 bridgehead atoms. The van der Waals surface area contributed by atoms with E-state index < -0.39 is 5.97 Å². The predicted molar refractivity (Wildman–Crippen MR) is 367 cm³/mol. The Bertz CT molecular complexity index is 3670. The highest BCUT2D eigenvalue weighted by atomic mass is 80.9. The molecule has 0 radical (unpaired) electrons. The van der Waals surface area contributed by atoms with E-state index in [4.69, 9.17) is 19.4 Å². The summed E-state index contributed by atoms with van der Waals surface area (Å²) >= 11 is 21.5. The number of halogens is 7. The number of carboxylic acid groups (broad SMARTS) is 1. The zero-order valence-electron chi connectivity index (χ0n) is 46.2. The Balaban J connectivity index is 0.000000303. The van der Waals surface area contributed by atoms with Crippen molar-refractivity contribution in [3.63, 3.8) is 0 Å². The van der Waals surface area contributed by atoms with E-state index in [1.54, 1.807) is 59.1 Å². The van der Waals surface area contributed by atoms with Gasteiger partial charge in [0.25, 0.3) is 22.6 Å². The van der Waals surface area contributed by atoms with E-state index in [0.717, 1.165) is 36.5 Å². The van der Waals surface area contributed by atoms with Crippen molar-refractivity contribution in [3.8, 4) is 51.4 Å². The molecule has 84 heavy (non-hydrogen) atoms. The summed E-state index contributed by atoms with van der Waals surface area (Å²) in [6.07, 6.45) is 2.23. The molecule has 6 aromatic carbocycles. The van der Waals surface area contributed by atoms with Gasteiger partial charge in [-0.1, -0.05) is 135 Å². The predicted octanol–water partition coefficient (Wildman–Crippen LogP) is 16.2. The molecule has 0 saturated carbocycles. The first kappa shape index (κ1) is 72.5. The maximum Gasteiger partial charge on any atom is 0.369 e. The monoisotopic (exact) mass is 1580 g/mol. The minimum Gasteiger partial charge on any atom is -0.507 e. The largest absolute Gasteiger partial charge is 0.507 e. The van der Waals surface area contributed by atoms with Crippen LogP contribution in [0.5, 0.6) is 17.2 Å². The molecule has 0 fully saturated rings. The minimum absolute atomic E-state index is 0. The van der Waals surface area contributed by atoms with Crippen LogP contribution in [-0.4, -0.2) is 62.2 Å². The van der Waals surface area contributed by atoms with Gasteiger partial charge in [0.2, 0.25) is 0 Å². The SMILES string of the molecule is BrB(Br)Br.BrBr.C.CC(=O)O.COc1ccccc1-c1nc(C)c(Br)c(=O)n1CCc1ccccc1.COc1ccccc1-c1nc(C)cc(=O)n1CCc1ccccc1.Cc1nc(-c2ccccc2O)n(CCc2ccccc2)c(=O)c1Br. The van der Waals surface area contributed by atoms with Crippen molar-refractivity contribution in [2.75, 3.05) is 14.2 Å². The maximum absolute atomic E-state index is 12.8. The number of aromatic hydroxyl groups is 1. The fraction of sp³-hybridized carbons (Fsp3) is 0.210. The number of aromatic nitrogens is 6. The second-order valence-corrected chi connectivity index (χ2v) is 25.7. The topological polar surface area (TPSA) is 181 Å². The number of hydrogen-bond donors (Lipinski definition) is 2. The van der Waals surface area contributed by atoms with Crippen molar-refractivity contribution in [1.29, 1.82) is 0 Å². The highest BCUT2D eigenvalue weighted by Gasteiger charge is 2.19. The summed E-state index contributed by atoms with van der Waals surface area (Å²) in [6.45, 7) is 8.12. The van der Waals surface area contributed by atoms with Crippen LogP contribution in [0.2, 0.25) is 0 Å².